The van der Waals surface area contributed by atoms with Crippen LogP contribution in [0.4, 0.5) is 5.69 Å². The van der Waals surface area contributed by atoms with Crippen molar-refractivity contribution in [3.63, 3.8) is 0 Å². The largest absolute Gasteiger partial charge is 0.394 e. The van der Waals surface area contributed by atoms with Gasteiger partial charge in [-0.1, -0.05) is 12.1 Å². The average molecular weight is 329 g/mol. The van der Waals surface area contributed by atoms with Crippen molar-refractivity contribution in [3.8, 4) is 0 Å². The molecule has 24 heavy (non-hydrogen) atoms. The molecule has 5 heteroatoms. The van der Waals surface area contributed by atoms with Gasteiger partial charge in [-0.3, -0.25) is 4.79 Å². The van der Waals surface area contributed by atoms with Crippen molar-refractivity contribution in [2.24, 2.45) is 11.7 Å². The van der Waals surface area contributed by atoms with Gasteiger partial charge in [0.15, 0.2) is 0 Å². The molecular formula is C19H27N3O2. The van der Waals surface area contributed by atoms with Gasteiger partial charge in [-0.2, -0.15) is 0 Å². The van der Waals surface area contributed by atoms with Gasteiger partial charge in [-0.05, 0) is 62.3 Å². The minimum absolute atomic E-state index is 0.0595. The van der Waals surface area contributed by atoms with E-state index in [2.05, 4.69) is 17.6 Å². The summed E-state index contributed by atoms with van der Waals surface area (Å²) in [5.74, 6) is 0.507. The number of morpholine rings is 1. The Morgan fingerprint density at radius 3 is 2.62 bits per heavy atom. The number of amides is 1. The lowest BCUT2D eigenvalue weighted by Crippen LogP contribution is -2.38. The highest BCUT2D eigenvalue weighted by Crippen LogP contribution is 2.35. The Bertz CT molecular complexity index is 620. The highest BCUT2D eigenvalue weighted by Gasteiger charge is 2.23. The van der Waals surface area contributed by atoms with Gasteiger partial charge in [0.25, 0.3) is 5.91 Å². The van der Waals surface area contributed by atoms with Gasteiger partial charge < -0.3 is 21.1 Å². The van der Waals surface area contributed by atoms with Gasteiger partial charge in [0.1, 0.15) is 0 Å². The number of carbonyl (C=O) groups excluding carboxylic acids is 1. The fourth-order valence-electron chi connectivity index (χ4n) is 3.03. The first-order valence-electron chi connectivity index (χ1n) is 8.75. The molecule has 0 bridgehead atoms. The highest BCUT2D eigenvalue weighted by atomic mass is 16.5. The normalized spacial score (nSPS) is 25.1. The summed E-state index contributed by atoms with van der Waals surface area (Å²) in [6.45, 7) is 5.71. The number of ether oxygens (including phenoxy) is 1. The van der Waals surface area contributed by atoms with Crippen LogP contribution in [0.1, 0.15) is 44.8 Å². The van der Waals surface area contributed by atoms with Crippen molar-refractivity contribution in [3.05, 3.63) is 41.1 Å². The van der Waals surface area contributed by atoms with Crippen molar-refractivity contribution < 1.29 is 9.53 Å². The zero-order valence-corrected chi connectivity index (χ0v) is 14.5. The third-order valence-corrected chi connectivity index (χ3v) is 4.69. The van der Waals surface area contributed by atoms with E-state index < -0.39 is 0 Å². The molecule has 1 heterocycles. The van der Waals surface area contributed by atoms with Crippen LogP contribution in [0, 0.1) is 5.92 Å². The van der Waals surface area contributed by atoms with E-state index in [1.165, 1.54) is 12.8 Å². The molecule has 3 rings (SSSR count). The molecule has 4 N–H and O–H groups in total. The van der Waals surface area contributed by atoms with E-state index in [0.717, 1.165) is 42.3 Å². The van der Waals surface area contributed by atoms with Gasteiger partial charge in [0, 0.05) is 18.8 Å². The number of hydrogen-bond acceptors (Lipinski definition) is 4. The Hall–Kier alpha value is -1.85. The molecule has 1 saturated heterocycles. The fraction of sp³-hybridized carbons (Fsp3) is 0.526. The van der Waals surface area contributed by atoms with E-state index in [0.29, 0.717) is 5.70 Å². The number of carbonyl (C=O) groups is 1. The molecule has 2 fully saturated rings. The SMILES string of the molecule is C/C(CC1CC1)=C(/N)C(=O)Nc1ccc([C@H]2CNC[C@@H](C)O2)cc1. The summed E-state index contributed by atoms with van der Waals surface area (Å²) in [6.07, 6.45) is 3.71. The molecular weight excluding hydrogens is 302 g/mol. The molecule has 0 aromatic heterocycles. The summed E-state index contributed by atoms with van der Waals surface area (Å²) < 4.78 is 5.93. The van der Waals surface area contributed by atoms with Crippen LogP contribution in [0.5, 0.6) is 0 Å². The smallest absolute Gasteiger partial charge is 0.271 e. The highest BCUT2D eigenvalue weighted by molar-refractivity contribution is 6.03. The van der Waals surface area contributed by atoms with Crippen LogP contribution in [0.2, 0.25) is 0 Å². The summed E-state index contributed by atoms with van der Waals surface area (Å²) >= 11 is 0. The predicted molar refractivity (Wildman–Crippen MR) is 95.5 cm³/mol. The Morgan fingerprint density at radius 1 is 1.29 bits per heavy atom. The number of anilines is 1. The Kier molecular flexibility index (Phi) is 5.21. The third kappa shape index (κ3) is 4.36. The predicted octanol–water partition coefficient (Wildman–Crippen LogP) is 2.71. The van der Waals surface area contributed by atoms with E-state index in [1.54, 1.807) is 0 Å². The standard InChI is InChI=1S/C19H27N3O2/c1-12(9-14-3-4-14)18(20)19(23)22-16-7-5-15(6-8-16)17-11-21-10-13(2)24-17/h5-8,13-14,17,21H,3-4,9-11,20H2,1-2H3,(H,22,23)/b18-12-/t13-,17-/m1/s1. The Labute approximate surface area is 143 Å². The van der Waals surface area contributed by atoms with Crippen molar-refractivity contribution in [1.29, 1.82) is 0 Å². The Balaban J connectivity index is 1.60. The van der Waals surface area contributed by atoms with Crippen LogP contribution in [-0.2, 0) is 9.53 Å². The minimum Gasteiger partial charge on any atom is -0.394 e. The lowest BCUT2D eigenvalue weighted by Gasteiger charge is -2.29. The van der Waals surface area contributed by atoms with Gasteiger partial charge in [-0.25, -0.2) is 0 Å². The number of benzene rings is 1. The zero-order chi connectivity index (χ0) is 17.1. The van der Waals surface area contributed by atoms with Gasteiger partial charge in [0.2, 0.25) is 0 Å². The lowest BCUT2D eigenvalue weighted by atomic mass is 10.1. The molecule has 0 unspecified atom stereocenters. The summed E-state index contributed by atoms with van der Waals surface area (Å²) in [5, 5.41) is 6.24. The summed E-state index contributed by atoms with van der Waals surface area (Å²) in [6, 6.07) is 7.80. The molecule has 2 aliphatic rings. The number of hydrogen-bond donors (Lipinski definition) is 3. The van der Waals surface area contributed by atoms with E-state index in [-0.39, 0.29) is 18.1 Å². The zero-order valence-electron chi connectivity index (χ0n) is 14.5. The number of rotatable bonds is 5. The second-order valence-corrected chi connectivity index (χ2v) is 7.01. The van der Waals surface area contributed by atoms with Crippen LogP contribution in [-0.4, -0.2) is 25.1 Å². The van der Waals surface area contributed by atoms with Crippen LogP contribution < -0.4 is 16.4 Å². The maximum absolute atomic E-state index is 12.3. The molecule has 1 aliphatic heterocycles. The lowest BCUT2D eigenvalue weighted by molar-refractivity contribution is -0.113. The Morgan fingerprint density at radius 2 is 2.00 bits per heavy atom. The molecule has 1 aromatic rings. The van der Waals surface area contributed by atoms with Crippen LogP contribution in [0.25, 0.3) is 0 Å². The molecule has 0 radical (unpaired) electrons. The maximum atomic E-state index is 12.3. The quantitative estimate of drug-likeness (QED) is 0.726. The number of allylic oxidation sites excluding steroid dienone is 1. The summed E-state index contributed by atoms with van der Waals surface area (Å²) in [4.78, 5) is 12.3. The second kappa shape index (κ2) is 7.36. The van der Waals surface area contributed by atoms with Crippen molar-refractivity contribution in [1.82, 2.24) is 5.32 Å². The van der Waals surface area contributed by atoms with E-state index in [1.807, 2.05) is 31.2 Å². The summed E-state index contributed by atoms with van der Waals surface area (Å²) in [5.41, 5.74) is 9.19. The van der Waals surface area contributed by atoms with Gasteiger partial charge in [-0.15, -0.1) is 0 Å². The van der Waals surface area contributed by atoms with Crippen LogP contribution >= 0.6 is 0 Å². The third-order valence-electron chi connectivity index (χ3n) is 4.69. The molecule has 1 amide bonds. The van der Waals surface area contributed by atoms with Crippen molar-refractivity contribution >= 4 is 11.6 Å². The fourth-order valence-corrected chi connectivity index (χ4v) is 3.03. The van der Waals surface area contributed by atoms with Crippen LogP contribution in [0.15, 0.2) is 35.5 Å². The summed E-state index contributed by atoms with van der Waals surface area (Å²) in [7, 11) is 0. The monoisotopic (exact) mass is 329 g/mol. The van der Waals surface area contributed by atoms with E-state index >= 15 is 0 Å². The average Bonchev–Trinajstić information content (AvgIpc) is 3.38. The molecule has 0 spiro atoms. The first-order chi connectivity index (χ1) is 11.5. The topological polar surface area (TPSA) is 76.4 Å². The van der Waals surface area contributed by atoms with Gasteiger partial charge in [0.05, 0.1) is 17.9 Å². The van der Waals surface area contributed by atoms with Crippen LogP contribution in [0.3, 0.4) is 0 Å². The molecule has 1 aliphatic carbocycles. The second-order valence-electron chi connectivity index (χ2n) is 7.01. The molecule has 130 valence electrons. The molecule has 5 nitrogen and oxygen atoms in total. The van der Waals surface area contributed by atoms with E-state index in [4.69, 9.17) is 10.5 Å². The number of nitrogens with one attached hydrogen (secondary N) is 2. The van der Waals surface area contributed by atoms with Gasteiger partial charge >= 0.3 is 0 Å². The first-order valence-corrected chi connectivity index (χ1v) is 8.75. The number of nitrogens with two attached hydrogens (primary N) is 1. The molecule has 2 atom stereocenters. The van der Waals surface area contributed by atoms with Crippen molar-refractivity contribution in [2.75, 3.05) is 18.4 Å². The van der Waals surface area contributed by atoms with E-state index in [9.17, 15) is 4.79 Å². The first kappa shape index (κ1) is 17.0. The minimum atomic E-state index is -0.217. The molecule has 1 aromatic carbocycles. The van der Waals surface area contributed by atoms with Crippen molar-refractivity contribution in [2.45, 2.75) is 45.3 Å². The molecule has 1 saturated carbocycles. The maximum Gasteiger partial charge on any atom is 0.271 e.